The molecule has 0 bridgehead atoms. The van der Waals surface area contributed by atoms with Crippen molar-refractivity contribution in [3.05, 3.63) is 29.8 Å². The standard InChI is InChI=1S/C11H15N3O3/c1-17-7-6-10(15)13-9-4-2-8(3-5-9)11(12)14-16/h2-5,16H,6-7H2,1H3,(H2,12,14)(H,13,15). The summed E-state index contributed by atoms with van der Waals surface area (Å²) in [5, 5.41) is 14.1. The van der Waals surface area contributed by atoms with E-state index in [1.807, 2.05) is 0 Å². The lowest BCUT2D eigenvalue weighted by atomic mass is 10.2. The number of anilines is 1. The molecule has 0 heterocycles. The van der Waals surface area contributed by atoms with E-state index in [1.165, 1.54) is 0 Å². The lowest BCUT2D eigenvalue weighted by Crippen LogP contribution is -2.15. The van der Waals surface area contributed by atoms with Gasteiger partial charge >= 0.3 is 0 Å². The second-order valence-electron chi connectivity index (χ2n) is 3.35. The minimum Gasteiger partial charge on any atom is -0.409 e. The molecule has 0 aromatic heterocycles. The molecule has 0 aliphatic carbocycles. The minimum atomic E-state index is -0.122. The fourth-order valence-corrected chi connectivity index (χ4v) is 1.20. The number of amides is 1. The molecule has 0 unspecified atom stereocenters. The molecule has 6 heteroatoms. The summed E-state index contributed by atoms with van der Waals surface area (Å²) in [6.45, 7) is 0.383. The van der Waals surface area contributed by atoms with Crippen molar-refractivity contribution in [2.75, 3.05) is 19.0 Å². The molecule has 0 saturated heterocycles. The molecule has 1 amide bonds. The highest BCUT2D eigenvalue weighted by Crippen LogP contribution is 2.09. The van der Waals surface area contributed by atoms with E-state index in [2.05, 4.69) is 10.5 Å². The molecule has 4 N–H and O–H groups in total. The van der Waals surface area contributed by atoms with Crippen molar-refractivity contribution < 1.29 is 14.7 Å². The summed E-state index contributed by atoms with van der Waals surface area (Å²) >= 11 is 0. The highest BCUT2D eigenvalue weighted by molar-refractivity contribution is 5.98. The van der Waals surface area contributed by atoms with Gasteiger partial charge in [0.15, 0.2) is 5.84 Å². The SMILES string of the molecule is COCCC(=O)Nc1ccc(C(N)=NO)cc1. The number of hydrogen-bond donors (Lipinski definition) is 3. The summed E-state index contributed by atoms with van der Waals surface area (Å²) in [5.74, 6) is -0.0920. The largest absolute Gasteiger partial charge is 0.409 e. The molecule has 6 nitrogen and oxygen atoms in total. The first-order valence-corrected chi connectivity index (χ1v) is 5.04. The van der Waals surface area contributed by atoms with E-state index in [0.717, 1.165) is 0 Å². The van der Waals surface area contributed by atoms with E-state index in [9.17, 15) is 4.79 Å². The number of ether oxygens (including phenoxy) is 1. The number of nitrogens with zero attached hydrogens (tertiary/aromatic N) is 1. The number of hydrogen-bond acceptors (Lipinski definition) is 4. The van der Waals surface area contributed by atoms with Crippen molar-refractivity contribution in [3.63, 3.8) is 0 Å². The highest BCUT2D eigenvalue weighted by atomic mass is 16.5. The Labute approximate surface area is 99.1 Å². The first-order valence-electron chi connectivity index (χ1n) is 5.04. The van der Waals surface area contributed by atoms with Crippen molar-refractivity contribution in [2.45, 2.75) is 6.42 Å². The summed E-state index contributed by atoms with van der Waals surface area (Å²) in [5.41, 5.74) is 6.65. The van der Waals surface area contributed by atoms with Gasteiger partial charge in [-0.3, -0.25) is 4.79 Å². The van der Waals surface area contributed by atoms with Crippen molar-refractivity contribution in [1.82, 2.24) is 0 Å². The maximum atomic E-state index is 11.4. The van der Waals surface area contributed by atoms with Crippen molar-refractivity contribution in [1.29, 1.82) is 0 Å². The molecule has 0 aliphatic heterocycles. The number of carbonyl (C=O) groups is 1. The van der Waals surface area contributed by atoms with Crippen LogP contribution in [0.4, 0.5) is 5.69 Å². The smallest absolute Gasteiger partial charge is 0.226 e. The van der Waals surface area contributed by atoms with Crippen LogP contribution in [0.2, 0.25) is 0 Å². The van der Waals surface area contributed by atoms with Gasteiger partial charge in [0.05, 0.1) is 13.0 Å². The van der Waals surface area contributed by atoms with Crippen LogP contribution in [0, 0.1) is 0 Å². The number of carbonyl (C=O) groups excluding carboxylic acids is 1. The molecule has 0 atom stereocenters. The number of amidine groups is 1. The van der Waals surface area contributed by atoms with Gasteiger partial charge in [-0.15, -0.1) is 0 Å². The molecule has 0 aliphatic rings. The van der Waals surface area contributed by atoms with Crippen LogP contribution in [-0.2, 0) is 9.53 Å². The Hall–Kier alpha value is -2.08. The quantitative estimate of drug-likeness (QED) is 0.305. The Bertz CT molecular complexity index is 401. The lowest BCUT2D eigenvalue weighted by Gasteiger charge is -2.05. The Morgan fingerprint density at radius 2 is 2.12 bits per heavy atom. The second kappa shape index (κ2) is 6.49. The fourth-order valence-electron chi connectivity index (χ4n) is 1.20. The Balaban J connectivity index is 2.59. The van der Waals surface area contributed by atoms with E-state index in [0.29, 0.717) is 24.3 Å². The van der Waals surface area contributed by atoms with E-state index in [-0.39, 0.29) is 11.7 Å². The number of benzene rings is 1. The number of nitrogens with one attached hydrogen (secondary N) is 1. The number of rotatable bonds is 5. The van der Waals surface area contributed by atoms with Crippen LogP contribution in [0.25, 0.3) is 0 Å². The maximum Gasteiger partial charge on any atom is 0.226 e. The third kappa shape index (κ3) is 4.12. The third-order valence-electron chi connectivity index (χ3n) is 2.11. The van der Waals surface area contributed by atoms with Crippen molar-refractivity contribution >= 4 is 17.4 Å². The van der Waals surface area contributed by atoms with Gasteiger partial charge in [0.2, 0.25) is 5.91 Å². The van der Waals surface area contributed by atoms with Crippen LogP contribution in [0.1, 0.15) is 12.0 Å². The molecule has 0 fully saturated rings. The van der Waals surface area contributed by atoms with E-state index in [4.69, 9.17) is 15.7 Å². The average molecular weight is 237 g/mol. The zero-order valence-electron chi connectivity index (χ0n) is 9.51. The summed E-state index contributed by atoms with van der Waals surface area (Å²) in [4.78, 5) is 11.4. The van der Waals surface area contributed by atoms with Gasteiger partial charge in [-0.05, 0) is 24.3 Å². The zero-order valence-corrected chi connectivity index (χ0v) is 9.51. The molecule has 17 heavy (non-hydrogen) atoms. The molecule has 1 aromatic rings. The predicted molar refractivity (Wildman–Crippen MR) is 64.1 cm³/mol. The molecule has 0 saturated carbocycles. The lowest BCUT2D eigenvalue weighted by molar-refractivity contribution is -0.117. The maximum absolute atomic E-state index is 11.4. The normalized spacial score (nSPS) is 11.2. The van der Waals surface area contributed by atoms with Gasteiger partial charge in [-0.1, -0.05) is 5.16 Å². The van der Waals surface area contributed by atoms with Gasteiger partial charge in [0.1, 0.15) is 0 Å². The van der Waals surface area contributed by atoms with Crippen LogP contribution in [0.5, 0.6) is 0 Å². The monoisotopic (exact) mass is 237 g/mol. The summed E-state index contributed by atoms with van der Waals surface area (Å²) in [7, 11) is 1.54. The topological polar surface area (TPSA) is 96.9 Å². The highest BCUT2D eigenvalue weighted by Gasteiger charge is 2.03. The third-order valence-corrected chi connectivity index (χ3v) is 2.11. The molecular weight excluding hydrogens is 222 g/mol. The first-order chi connectivity index (χ1) is 8.17. The van der Waals surface area contributed by atoms with Crippen LogP contribution in [0.15, 0.2) is 29.4 Å². The van der Waals surface area contributed by atoms with Crippen molar-refractivity contribution in [3.8, 4) is 0 Å². The Morgan fingerprint density at radius 3 is 2.65 bits per heavy atom. The first kappa shape index (κ1) is 13.0. The fraction of sp³-hybridized carbons (Fsp3) is 0.273. The zero-order chi connectivity index (χ0) is 12.7. The van der Waals surface area contributed by atoms with Crippen LogP contribution in [-0.4, -0.2) is 30.7 Å². The van der Waals surface area contributed by atoms with E-state index < -0.39 is 0 Å². The summed E-state index contributed by atoms with van der Waals surface area (Å²) in [6, 6.07) is 6.66. The average Bonchev–Trinajstić information content (AvgIpc) is 2.36. The van der Waals surface area contributed by atoms with Gasteiger partial charge in [0, 0.05) is 18.4 Å². The number of nitrogens with two attached hydrogens (primary N) is 1. The second-order valence-corrected chi connectivity index (χ2v) is 3.35. The van der Waals surface area contributed by atoms with Gasteiger partial charge in [0.25, 0.3) is 0 Å². The van der Waals surface area contributed by atoms with E-state index in [1.54, 1.807) is 31.4 Å². The molecule has 0 radical (unpaired) electrons. The van der Waals surface area contributed by atoms with Crippen LogP contribution < -0.4 is 11.1 Å². The Morgan fingerprint density at radius 1 is 1.47 bits per heavy atom. The Kier molecular flexibility index (Phi) is 4.96. The summed E-state index contributed by atoms with van der Waals surface area (Å²) < 4.78 is 4.79. The van der Waals surface area contributed by atoms with Crippen LogP contribution >= 0.6 is 0 Å². The van der Waals surface area contributed by atoms with Crippen molar-refractivity contribution in [2.24, 2.45) is 10.9 Å². The van der Waals surface area contributed by atoms with Gasteiger partial charge < -0.3 is 21.0 Å². The van der Waals surface area contributed by atoms with E-state index >= 15 is 0 Å². The number of methoxy groups -OCH3 is 1. The van der Waals surface area contributed by atoms with Gasteiger partial charge in [-0.2, -0.15) is 0 Å². The molecule has 0 spiro atoms. The molecule has 1 rings (SSSR count). The summed E-state index contributed by atoms with van der Waals surface area (Å²) in [6.07, 6.45) is 0.304. The molecule has 92 valence electrons. The van der Waals surface area contributed by atoms with Gasteiger partial charge in [-0.25, -0.2) is 0 Å². The molecular formula is C11H15N3O3. The minimum absolute atomic E-state index is 0.0299. The van der Waals surface area contributed by atoms with Crippen LogP contribution in [0.3, 0.4) is 0 Å². The molecule has 1 aromatic carbocycles. The predicted octanol–water partition coefficient (Wildman–Crippen LogP) is 0.756. The number of oxime groups is 1.